The van der Waals surface area contributed by atoms with Crippen LogP contribution in [-0.2, 0) is 13.0 Å². The summed E-state index contributed by atoms with van der Waals surface area (Å²) in [7, 11) is 1.91. The average molecular weight is 245 g/mol. The molecule has 18 heavy (non-hydrogen) atoms. The van der Waals surface area contributed by atoms with Crippen LogP contribution in [0.5, 0.6) is 0 Å². The molecule has 0 amide bonds. The van der Waals surface area contributed by atoms with E-state index in [-0.39, 0.29) is 5.56 Å². The van der Waals surface area contributed by atoms with Crippen LogP contribution in [0.4, 0.5) is 8.78 Å². The predicted octanol–water partition coefficient (Wildman–Crippen LogP) is 4.44. The monoisotopic (exact) mass is 245 g/mol. The fourth-order valence-corrected chi connectivity index (χ4v) is 2.43. The van der Waals surface area contributed by atoms with Gasteiger partial charge in [-0.2, -0.15) is 0 Å². The summed E-state index contributed by atoms with van der Waals surface area (Å²) in [6.07, 6.45) is 0. The highest BCUT2D eigenvalue weighted by Crippen LogP contribution is 2.33. The van der Waals surface area contributed by atoms with Crippen molar-refractivity contribution in [1.82, 2.24) is 4.57 Å². The molecule has 0 N–H and O–H groups in total. The Kier molecular flexibility index (Phi) is 2.21. The fourth-order valence-electron chi connectivity index (χ4n) is 2.43. The van der Waals surface area contributed by atoms with E-state index < -0.39 is 5.92 Å². The Bertz CT molecular complexity index is 735. The van der Waals surface area contributed by atoms with Gasteiger partial charge in [0.1, 0.15) is 0 Å². The van der Waals surface area contributed by atoms with Crippen LogP contribution in [0.3, 0.4) is 0 Å². The number of aromatic nitrogens is 1. The number of para-hydroxylation sites is 1. The Balaban J connectivity index is 2.42. The Hall–Kier alpha value is -1.90. The fraction of sp³-hybridized carbons (Fsp3) is 0.200. The Morgan fingerprint density at radius 2 is 1.61 bits per heavy atom. The molecule has 0 aliphatic rings. The first-order chi connectivity index (χ1) is 8.48. The van der Waals surface area contributed by atoms with E-state index >= 15 is 0 Å². The van der Waals surface area contributed by atoms with Gasteiger partial charge in [0, 0.05) is 41.3 Å². The first-order valence-corrected chi connectivity index (χ1v) is 5.84. The molecular formula is C15H13F2N. The van der Waals surface area contributed by atoms with Crippen molar-refractivity contribution >= 4 is 21.8 Å². The smallest absolute Gasteiger partial charge is 0.270 e. The Labute approximate surface area is 104 Å². The minimum atomic E-state index is -2.80. The van der Waals surface area contributed by atoms with Crippen molar-refractivity contribution in [2.24, 2.45) is 7.05 Å². The lowest BCUT2D eigenvalue weighted by atomic mass is 10.1. The number of hydrogen-bond acceptors (Lipinski definition) is 0. The lowest BCUT2D eigenvalue weighted by Gasteiger charge is -2.10. The molecule has 0 unspecified atom stereocenters. The van der Waals surface area contributed by atoms with Gasteiger partial charge in [-0.05, 0) is 12.1 Å². The second-order valence-corrected chi connectivity index (χ2v) is 4.70. The molecule has 1 heterocycles. The van der Waals surface area contributed by atoms with Crippen molar-refractivity contribution < 1.29 is 8.78 Å². The number of alkyl halides is 2. The molecule has 0 spiro atoms. The van der Waals surface area contributed by atoms with E-state index in [9.17, 15) is 8.78 Å². The lowest BCUT2D eigenvalue weighted by molar-refractivity contribution is 0.0176. The maximum absolute atomic E-state index is 13.4. The van der Waals surface area contributed by atoms with E-state index in [2.05, 4.69) is 0 Å². The zero-order valence-corrected chi connectivity index (χ0v) is 10.2. The van der Waals surface area contributed by atoms with E-state index in [1.54, 1.807) is 12.1 Å². The largest absolute Gasteiger partial charge is 0.344 e. The van der Waals surface area contributed by atoms with Gasteiger partial charge in [0.15, 0.2) is 0 Å². The molecule has 2 aromatic carbocycles. The maximum Gasteiger partial charge on any atom is 0.270 e. The first kappa shape index (κ1) is 11.2. The van der Waals surface area contributed by atoms with Crippen LogP contribution in [-0.4, -0.2) is 4.57 Å². The second kappa shape index (κ2) is 3.55. The first-order valence-electron chi connectivity index (χ1n) is 5.84. The van der Waals surface area contributed by atoms with Crippen molar-refractivity contribution in [2.75, 3.05) is 0 Å². The molecule has 3 heteroatoms. The van der Waals surface area contributed by atoms with Gasteiger partial charge in [-0.3, -0.25) is 0 Å². The van der Waals surface area contributed by atoms with Gasteiger partial charge >= 0.3 is 0 Å². The number of fused-ring (bicyclic) bond motifs is 3. The molecule has 0 atom stereocenters. The zero-order valence-electron chi connectivity index (χ0n) is 10.2. The van der Waals surface area contributed by atoms with Gasteiger partial charge in [0.25, 0.3) is 5.92 Å². The summed E-state index contributed by atoms with van der Waals surface area (Å²) in [5, 5.41) is 2.11. The van der Waals surface area contributed by atoms with Crippen LogP contribution >= 0.6 is 0 Å². The number of hydrogen-bond donors (Lipinski definition) is 0. The molecule has 1 nitrogen and oxygen atoms in total. The van der Waals surface area contributed by atoms with Crippen LogP contribution in [0.15, 0.2) is 42.5 Å². The molecule has 92 valence electrons. The molecule has 0 fully saturated rings. The summed E-state index contributed by atoms with van der Waals surface area (Å²) in [6.45, 7) is 0.927. The van der Waals surface area contributed by atoms with Crippen LogP contribution < -0.4 is 0 Å². The number of halogens is 2. The molecule has 0 aliphatic heterocycles. The molecule has 0 saturated carbocycles. The third-order valence-electron chi connectivity index (χ3n) is 3.42. The predicted molar refractivity (Wildman–Crippen MR) is 70.0 cm³/mol. The van der Waals surface area contributed by atoms with Crippen LogP contribution in [0.25, 0.3) is 21.8 Å². The second-order valence-electron chi connectivity index (χ2n) is 4.70. The standard InChI is InChI=1S/C15H13F2N/c1-15(16,17)10-7-8-12-11-5-3-4-6-13(11)18(2)14(12)9-10/h3-9H,1-2H3. The minimum Gasteiger partial charge on any atom is -0.344 e. The zero-order chi connectivity index (χ0) is 12.9. The van der Waals surface area contributed by atoms with Crippen LogP contribution in [0.1, 0.15) is 12.5 Å². The van der Waals surface area contributed by atoms with E-state index in [0.717, 1.165) is 28.7 Å². The summed E-state index contributed by atoms with van der Waals surface area (Å²) >= 11 is 0. The molecule has 0 bridgehead atoms. The van der Waals surface area contributed by atoms with E-state index in [4.69, 9.17) is 0 Å². The Morgan fingerprint density at radius 1 is 0.944 bits per heavy atom. The van der Waals surface area contributed by atoms with Crippen molar-refractivity contribution in [3.8, 4) is 0 Å². The minimum absolute atomic E-state index is 0.0564. The quantitative estimate of drug-likeness (QED) is 0.597. The molecule has 0 saturated heterocycles. The highest BCUT2D eigenvalue weighted by molar-refractivity contribution is 6.08. The van der Waals surface area contributed by atoms with Gasteiger partial charge in [-0.25, -0.2) is 8.78 Å². The van der Waals surface area contributed by atoms with Crippen molar-refractivity contribution in [3.05, 3.63) is 48.0 Å². The third kappa shape index (κ3) is 1.50. The normalized spacial score (nSPS) is 12.4. The Morgan fingerprint density at radius 3 is 2.33 bits per heavy atom. The van der Waals surface area contributed by atoms with Crippen molar-refractivity contribution in [3.63, 3.8) is 0 Å². The summed E-state index contributed by atoms with van der Waals surface area (Å²) in [4.78, 5) is 0. The lowest BCUT2D eigenvalue weighted by Crippen LogP contribution is -2.06. The maximum atomic E-state index is 13.4. The molecule has 3 rings (SSSR count). The van der Waals surface area contributed by atoms with Gasteiger partial charge in [0.05, 0.1) is 0 Å². The summed E-state index contributed by atoms with van der Waals surface area (Å²) in [5.74, 6) is -2.80. The van der Waals surface area contributed by atoms with Crippen molar-refractivity contribution in [1.29, 1.82) is 0 Å². The molecule has 3 aromatic rings. The molecule has 0 radical (unpaired) electrons. The van der Waals surface area contributed by atoms with Gasteiger partial charge in [-0.1, -0.05) is 30.3 Å². The SMILES string of the molecule is Cn1c2ccccc2c2ccc(C(C)(F)F)cc21. The van der Waals surface area contributed by atoms with Gasteiger partial charge in [-0.15, -0.1) is 0 Å². The van der Waals surface area contributed by atoms with Crippen molar-refractivity contribution in [2.45, 2.75) is 12.8 Å². The summed E-state index contributed by atoms with van der Waals surface area (Å²) < 4.78 is 28.7. The van der Waals surface area contributed by atoms with Crippen LogP contribution in [0, 0.1) is 0 Å². The molecular weight excluding hydrogens is 232 g/mol. The topological polar surface area (TPSA) is 4.93 Å². The highest BCUT2D eigenvalue weighted by atomic mass is 19.3. The summed E-state index contributed by atoms with van der Waals surface area (Å²) in [5.41, 5.74) is 1.96. The third-order valence-corrected chi connectivity index (χ3v) is 3.42. The van der Waals surface area contributed by atoms with Gasteiger partial charge < -0.3 is 4.57 Å². The number of aryl methyl sites for hydroxylation is 1. The molecule has 0 aliphatic carbocycles. The number of rotatable bonds is 1. The summed E-state index contributed by atoms with van der Waals surface area (Å²) in [6, 6.07) is 12.8. The van der Waals surface area contributed by atoms with Crippen LogP contribution in [0.2, 0.25) is 0 Å². The molecule has 1 aromatic heterocycles. The van der Waals surface area contributed by atoms with E-state index in [0.29, 0.717) is 0 Å². The van der Waals surface area contributed by atoms with E-state index in [1.807, 2.05) is 35.9 Å². The van der Waals surface area contributed by atoms with Gasteiger partial charge in [0.2, 0.25) is 0 Å². The average Bonchev–Trinajstić information content (AvgIpc) is 2.63. The highest BCUT2D eigenvalue weighted by Gasteiger charge is 2.25. The van der Waals surface area contributed by atoms with E-state index in [1.165, 1.54) is 6.07 Å². The number of nitrogens with zero attached hydrogens (tertiary/aromatic N) is 1. The number of benzene rings is 2.